The van der Waals surface area contributed by atoms with Gasteiger partial charge in [0, 0.05) is 35.6 Å². The number of hydrogen-bond acceptors (Lipinski definition) is 6. The van der Waals surface area contributed by atoms with Crippen LogP contribution in [-0.2, 0) is 19.1 Å². The Morgan fingerprint density at radius 3 is 2.14 bits per heavy atom. The summed E-state index contributed by atoms with van der Waals surface area (Å²) in [6.45, 7) is 13.3. The van der Waals surface area contributed by atoms with Crippen LogP contribution >= 0.6 is 11.3 Å². The lowest BCUT2D eigenvalue weighted by Crippen LogP contribution is -3.10. The lowest BCUT2D eigenvalue weighted by Gasteiger charge is -2.38. The van der Waals surface area contributed by atoms with E-state index in [2.05, 4.69) is 14.0 Å². The number of thiophene rings is 1. The summed E-state index contributed by atoms with van der Waals surface area (Å²) in [5, 5.41) is 0. The van der Waals surface area contributed by atoms with Crippen molar-refractivity contribution in [3.63, 3.8) is 0 Å². The summed E-state index contributed by atoms with van der Waals surface area (Å²) < 4.78 is 11.6. The molecule has 2 fully saturated rings. The van der Waals surface area contributed by atoms with E-state index in [9.17, 15) is 14.4 Å². The molecule has 1 saturated heterocycles. The topological polar surface area (TPSA) is 77.3 Å². The SMILES string of the molecule is CC1CCC(C(=O)N(c2cc(-c3ccccc3)sc2C(=O)OC(OC(=O)C(C)(C)C)C(C)C)C2CC[NH+](C)CC2)CC1. The van der Waals surface area contributed by atoms with Crippen molar-refractivity contribution in [1.29, 1.82) is 0 Å². The number of esters is 2. The summed E-state index contributed by atoms with van der Waals surface area (Å²) >= 11 is 1.34. The smallest absolute Gasteiger partial charge is 0.353 e. The predicted molar refractivity (Wildman–Crippen MR) is 168 cm³/mol. The second-order valence-corrected chi connectivity index (χ2v) is 14.8. The van der Waals surface area contributed by atoms with Crippen molar-refractivity contribution in [3.05, 3.63) is 41.3 Å². The van der Waals surface area contributed by atoms with Gasteiger partial charge in [0.15, 0.2) is 0 Å². The number of quaternary nitrogens is 1. The van der Waals surface area contributed by atoms with Crippen molar-refractivity contribution in [2.75, 3.05) is 25.0 Å². The van der Waals surface area contributed by atoms with Crippen molar-refractivity contribution in [1.82, 2.24) is 0 Å². The summed E-state index contributed by atoms with van der Waals surface area (Å²) in [6, 6.07) is 11.9. The molecule has 1 amide bonds. The summed E-state index contributed by atoms with van der Waals surface area (Å²) in [5.74, 6) is -0.523. The zero-order valence-corrected chi connectivity index (χ0v) is 27.2. The minimum atomic E-state index is -1.03. The predicted octanol–water partition coefficient (Wildman–Crippen LogP) is 5.98. The summed E-state index contributed by atoms with van der Waals surface area (Å²) in [7, 11) is 2.19. The number of ether oxygens (including phenoxy) is 2. The van der Waals surface area contributed by atoms with E-state index >= 15 is 0 Å². The highest BCUT2D eigenvalue weighted by atomic mass is 32.1. The van der Waals surface area contributed by atoms with E-state index in [0.29, 0.717) is 16.5 Å². The Balaban J connectivity index is 1.74. The number of benzene rings is 1. The molecule has 0 bridgehead atoms. The molecule has 42 heavy (non-hydrogen) atoms. The van der Waals surface area contributed by atoms with Crippen LogP contribution in [-0.4, -0.2) is 50.3 Å². The highest BCUT2D eigenvalue weighted by molar-refractivity contribution is 7.18. The molecule has 2 aromatic rings. The van der Waals surface area contributed by atoms with E-state index in [-0.39, 0.29) is 23.8 Å². The zero-order valence-electron chi connectivity index (χ0n) is 26.4. The van der Waals surface area contributed by atoms with Crippen LogP contribution in [0.15, 0.2) is 36.4 Å². The lowest BCUT2D eigenvalue weighted by atomic mass is 9.82. The molecule has 2 aliphatic rings. The molecule has 7 nitrogen and oxygen atoms in total. The van der Waals surface area contributed by atoms with Crippen molar-refractivity contribution < 1.29 is 28.8 Å². The van der Waals surface area contributed by atoms with Gasteiger partial charge in [0.1, 0.15) is 4.88 Å². The second kappa shape index (κ2) is 13.7. The maximum absolute atomic E-state index is 14.4. The molecule has 1 aromatic heterocycles. The van der Waals surface area contributed by atoms with E-state index in [1.165, 1.54) is 16.2 Å². The minimum Gasteiger partial charge on any atom is -0.424 e. The number of nitrogens with one attached hydrogen (secondary N) is 1. The molecule has 0 radical (unpaired) electrons. The van der Waals surface area contributed by atoms with Crippen LogP contribution in [0.5, 0.6) is 0 Å². The number of carbonyl (C=O) groups excluding carboxylic acids is 3. The van der Waals surface area contributed by atoms with Crippen LogP contribution in [0.25, 0.3) is 10.4 Å². The van der Waals surface area contributed by atoms with Gasteiger partial charge in [-0.2, -0.15) is 0 Å². The summed E-state index contributed by atoms with van der Waals surface area (Å²) in [4.78, 5) is 45.8. The van der Waals surface area contributed by atoms with Crippen molar-refractivity contribution in [2.45, 2.75) is 92.4 Å². The molecular formula is C34H49N2O5S+. The van der Waals surface area contributed by atoms with Crippen molar-refractivity contribution >= 4 is 34.9 Å². The number of piperidine rings is 1. The number of hydrogen-bond donors (Lipinski definition) is 1. The Morgan fingerprint density at radius 1 is 0.952 bits per heavy atom. The van der Waals surface area contributed by atoms with Gasteiger partial charge in [0.25, 0.3) is 0 Å². The van der Waals surface area contributed by atoms with E-state index in [0.717, 1.165) is 62.1 Å². The molecule has 8 heteroatoms. The number of rotatable bonds is 8. The van der Waals surface area contributed by atoms with Gasteiger partial charge in [-0.3, -0.25) is 9.59 Å². The maximum atomic E-state index is 14.4. The first-order chi connectivity index (χ1) is 19.8. The lowest BCUT2D eigenvalue weighted by molar-refractivity contribution is -0.884. The van der Waals surface area contributed by atoms with Gasteiger partial charge in [-0.1, -0.05) is 51.1 Å². The molecule has 1 unspecified atom stereocenters. The normalized spacial score (nSPS) is 23.7. The van der Waals surface area contributed by atoms with Crippen LogP contribution in [0.1, 0.15) is 89.7 Å². The molecule has 1 atom stereocenters. The van der Waals surface area contributed by atoms with Gasteiger partial charge in [-0.25, -0.2) is 4.79 Å². The third-order valence-electron chi connectivity index (χ3n) is 8.60. The fraction of sp³-hybridized carbons (Fsp3) is 0.618. The average molecular weight is 598 g/mol. The van der Waals surface area contributed by atoms with Gasteiger partial charge in [-0.05, 0) is 64.0 Å². The quantitative estimate of drug-likeness (QED) is 0.299. The first kappa shape index (κ1) is 32.2. The summed E-state index contributed by atoms with van der Waals surface area (Å²) in [6.07, 6.45) is 4.57. The van der Waals surface area contributed by atoms with Crippen LogP contribution < -0.4 is 9.80 Å². The number of amides is 1. The van der Waals surface area contributed by atoms with Gasteiger partial charge in [0.05, 0.1) is 31.2 Å². The molecule has 230 valence electrons. The number of anilines is 1. The third-order valence-corrected chi connectivity index (χ3v) is 9.75. The molecule has 4 rings (SSSR count). The molecule has 1 saturated carbocycles. The molecule has 1 aliphatic heterocycles. The molecular weight excluding hydrogens is 548 g/mol. The number of likely N-dealkylation sites (tertiary alicyclic amines) is 1. The molecule has 2 heterocycles. The van der Waals surface area contributed by atoms with Crippen LogP contribution in [0, 0.1) is 23.2 Å². The van der Waals surface area contributed by atoms with Crippen molar-refractivity contribution in [3.8, 4) is 10.4 Å². The first-order valence-corrected chi connectivity index (χ1v) is 16.4. The van der Waals surface area contributed by atoms with E-state index in [1.54, 1.807) is 20.8 Å². The van der Waals surface area contributed by atoms with Crippen LogP contribution in [0.2, 0.25) is 0 Å². The Morgan fingerprint density at radius 2 is 1.57 bits per heavy atom. The first-order valence-electron chi connectivity index (χ1n) is 15.6. The minimum absolute atomic E-state index is 0.0185. The van der Waals surface area contributed by atoms with E-state index < -0.39 is 23.6 Å². The highest BCUT2D eigenvalue weighted by Gasteiger charge is 2.39. The van der Waals surface area contributed by atoms with Gasteiger partial charge in [0.2, 0.25) is 12.2 Å². The Labute approximate surface area is 255 Å². The highest BCUT2D eigenvalue weighted by Crippen LogP contribution is 2.41. The molecule has 1 aromatic carbocycles. The molecule has 0 spiro atoms. The van der Waals surface area contributed by atoms with Crippen molar-refractivity contribution in [2.24, 2.45) is 23.2 Å². The Bertz CT molecular complexity index is 1220. The number of carbonyl (C=O) groups is 3. The molecule has 1 N–H and O–H groups in total. The van der Waals surface area contributed by atoms with Gasteiger partial charge >= 0.3 is 11.9 Å². The third kappa shape index (κ3) is 7.81. The fourth-order valence-corrected chi connectivity index (χ4v) is 6.78. The van der Waals surface area contributed by atoms with Crippen LogP contribution in [0.4, 0.5) is 5.69 Å². The van der Waals surface area contributed by atoms with Gasteiger partial charge < -0.3 is 19.3 Å². The monoisotopic (exact) mass is 597 g/mol. The Kier molecular flexibility index (Phi) is 10.5. The number of nitrogens with zero attached hydrogens (tertiary/aromatic N) is 1. The Hall–Kier alpha value is -2.71. The molecule has 1 aliphatic carbocycles. The van der Waals surface area contributed by atoms with E-state index in [1.807, 2.05) is 55.1 Å². The fourth-order valence-electron chi connectivity index (χ4n) is 5.74. The largest absolute Gasteiger partial charge is 0.424 e. The van der Waals surface area contributed by atoms with Crippen LogP contribution in [0.3, 0.4) is 0 Å². The second-order valence-electron chi connectivity index (χ2n) is 13.7. The van der Waals surface area contributed by atoms with Gasteiger partial charge in [-0.15, -0.1) is 11.3 Å². The zero-order chi connectivity index (χ0) is 30.6. The standard InChI is InChI=1S/C34H48N2O5S/c1-22(2)32(41-33(39)34(4,5)6)40-31(38)29-27(21-28(42-29)24-11-9-8-10-12-24)36(26-17-19-35(7)20-18-26)30(37)25-15-13-23(3)14-16-25/h8-12,21-23,25-26,32H,13-20H2,1-7H3/p+1. The summed E-state index contributed by atoms with van der Waals surface area (Å²) in [5.41, 5.74) is 0.876. The average Bonchev–Trinajstić information content (AvgIpc) is 3.39. The maximum Gasteiger partial charge on any atom is 0.353 e. The van der Waals surface area contributed by atoms with E-state index in [4.69, 9.17) is 9.47 Å².